The van der Waals surface area contributed by atoms with Crippen LogP contribution in [0.3, 0.4) is 0 Å². The number of piperidine rings is 2. The van der Waals surface area contributed by atoms with E-state index in [4.69, 9.17) is 0 Å². The number of nitrogens with zero attached hydrogens (tertiary/aromatic N) is 4. The van der Waals surface area contributed by atoms with E-state index >= 15 is 0 Å². The predicted molar refractivity (Wildman–Crippen MR) is 124 cm³/mol. The first-order valence-electron chi connectivity index (χ1n) is 11.1. The third-order valence-corrected chi connectivity index (χ3v) is 7.41. The number of aromatic nitrogens is 3. The lowest BCUT2D eigenvalue weighted by molar-refractivity contribution is -0.122. The molecule has 1 amide bonds. The molecule has 2 fully saturated rings. The van der Waals surface area contributed by atoms with Crippen molar-refractivity contribution in [3.05, 3.63) is 36.2 Å². The Morgan fingerprint density at radius 2 is 1.97 bits per heavy atom. The fourth-order valence-corrected chi connectivity index (χ4v) is 5.51. The number of nitrogens with one attached hydrogen (secondary N) is 2. The number of pyridine rings is 2. The van der Waals surface area contributed by atoms with Crippen LogP contribution in [0.1, 0.15) is 32.6 Å². The van der Waals surface area contributed by atoms with Gasteiger partial charge in [-0.3, -0.25) is 19.7 Å². The van der Waals surface area contributed by atoms with E-state index < -0.39 is 0 Å². The SMILES string of the molecule is C[C@@H]1CC(C(=O)Nc2cc3cc(-c4cncs4)ncc3cn2)CCN1C1CCNCC1. The average molecular weight is 437 g/mol. The lowest BCUT2D eigenvalue weighted by Gasteiger charge is -2.43. The molecule has 7 nitrogen and oxygen atoms in total. The summed E-state index contributed by atoms with van der Waals surface area (Å²) in [7, 11) is 0. The van der Waals surface area contributed by atoms with Crippen LogP contribution in [0.4, 0.5) is 5.82 Å². The number of amides is 1. The monoisotopic (exact) mass is 436 g/mol. The van der Waals surface area contributed by atoms with Gasteiger partial charge in [-0.05, 0) is 69.8 Å². The first-order valence-corrected chi connectivity index (χ1v) is 12.0. The van der Waals surface area contributed by atoms with Crippen LogP contribution >= 0.6 is 11.3 Å². The molecule has 5 rings (SSSR count). The van der Waals surface area contributed by atoms with Crippen LogP contribution in [0.2, 0.25) is 0 Å². The lowest BCUT2D eigenvalue weighted by Crippen LogP contribution is -2.51. The standard InChI is InChI=1S/C23H28N6OS/c1-15-8-16(4-7-29(15)19-2-5-24-6-3-19)23(30)28-22-10-17-9-20(21-13-25-14-31-21)26-11-18(17)12-27-22/h9-16,19,24H,2-8H2,1H3,(H,27,28,30)/t15-,16?/m1/s1. The maximum atomic E-state index is 13.0. The molecule has 2 N–H and O–H groups in total. The quantitative estimate of drug-likeness (QED) is 0.651. The van der Waals surface area contributed by atoms with E-state index in [-0.39, 0.29) is 11.8 Å². The van der Waals surface area contributed by atoms with Gasteiger partial charge in [-0.25, -0.2) is 4.98 Å². The molecule has 2 saturated heterocycles. The van der Waals surface area contributed by atoms with Gasteiger partial charge in [0, 0.05) is 42.0 Å². The van der Waals surface area contributed by atoms with E-state index in [0.29, 0.717) is 17.9 Å². The number of carbonyl (C=O) groups is 1. The van der Waals surface area contributed by atoms with Gasteiger partial charge in [0.1, 0.15) is 5.82 Å². The normalized spacial score (nSPS) is 23.1. The molecule has 31 heavy (non-hydrogen) atoms. The Morgan fingerprint density at radius 1 is 1.13 bits per heavy atom. The summed E-state index contributed by atoms with van der Waals surface area (Å²) in [6.45, 7) is 5.47. The van der Waals surface area contributed by atoms with Gasteiger partial charge in [-0.15, -0.1) is 11.3 Å². The van der Waals surface area contributed by atoms with Gasteiger partial charge in [0.2, 0.25) is 5.91 Å². The van der Waals surface area contributed by atoms with E-state index in [0.717, 1.165) is 53.8 Å². The van der Waals surface area contributed by atoms with Crippen LogP contribution in [0.15, 0.2) is 36.2 Å². The molecular formula is C23H28N6OS. The summed E-state index contributed by atoms with van der Waals surface area (Å²) in [6.07, 6.45) is 9.65. The van der Waals surface area contributed by atoms with Gasteiger partial charge >= 0.3 is 0 Å². The summed E-state index contributed by atoms with van der Waals surface area (Å²) >= 11 is 1.56. The van der Waals surface area contributed by atoms with Gasteiger partial charge in [0.15, 0.2) is 0 Å². The van der Waals surface area contributed by atoms with Crippen molar-refractivity contribution in [2.75, 3.05) is 25.0 Å². The maximum Gasteiger partial charge on any atom is 0.228 e. The molecule has 2 aliphatic rings. The molecule has 8 heteroatoms. The van der Waals surface area contributed by atoms with Crippen LogP contribution in [0.25, 0.3) is 21.3 Å². The Hall–Kier alpha value is -2.42. The first-order chi connectivity index (χ1) is 15.2. The molecule has 3 aromatic heterocycles. The number of rotatable bonds is 4. The molecule has 0 spiro atoms. The highest BCUT2D eigenvalue weighted by Crippen LogP contribution is 2.29. The van der Waals surface area contributed by atoms with Gasteiger partial charge < -0.3 is 10.6 Å². The maximum absolute atomic E-state index is 13.0. The van der Waals surface area contributed by atoms with E-state index in [1.54, 1.807) is 23.0 Å². The van der Waals surface area contributed by atoms with Crippen molar-refractivity contribution in [2.45, 2.75) is 44.7 Å². The zero-order valence-electron chi connectivity index (χ0n) is 17.8. The second kappa shape index (κ2) is 8.98. The summed E-state index contributed by atoms with van der Waals surface area (Å²) in [5.74, 6) is 0.725. The summed E-state index contributed by atoms with van der Waals surface area (Å²) in [4.78, 5) is 29.7. The van der Waals surface area contributed by atoms with Gasteiger partial charge in [-0.2, -0.15) is 0 Å². The molecule has 0 saturated carbocycles. The van der Waals surface area contributed by atoms with Crippen molar-refractivity contribution in [2.24, 2.45) is 5.92 Å². The summed E-state index contributed by atoms with van der Waals surface area (Å²) in [6, 6.07) is 5.06. The largest absolute Gasteiger partial charge is 0.317 e. The van der Waals surface area contributed by atoms with E-state index in [9.17, 15) is 4.79 Å². The number of carbonyl (C=O) groups excluding carboxylic acids is 1. The van der Waals surface area contributed by atoms with Crippen molar-refractivity contribution >= 4 is 33.8 Å². The van der Waals surface area contributed by atoms with Gasteiger partial charge in [0.25, 0.3) is 0 Å². The smallest absolute Gasteiger partial charge is 0.228 e. The van der Waals surface area contributed by atoms with Crippen LogP contribution in [0.5, 0.6) is 0 Å². The highest BCUT2D eigenvalue weighted by molar-refractivity contribution is 7.13. The van der Waals surface area contributed by atoms with Gasteiger partial charge in [-0.1, -0.05) is 0 Å². The molecular weight excluding hydrogens is 408 g/mol. The number of anilines is 1. The molecule has 2 atom stereocenters. The molecule has 2 aliphatic heterocycles. The predicted octanol–water partition coefficient (Wildman–Crippen LogP) is 3.54. The van der Waals surface area contributed by atoms with E-state index in [1.165, 1.54) is 12.8 Å². The molecule has 1 unspecified atom stereocenters. The third-order valence-electron chi connectivity index (χ3n) is 6.62. The summed E-state index contributed by atoms with van der Waals surface area (Å²) in [5, 5.41) is 8.47. The number of likely N-dealkylation sites (tertiary alicyclic amines) is 1. The average Bonchev–Trinajstić information content (AvgIpc) is 3.34. The van der Waals surface area contributed by atoms with Crippen molar-refractivity contribution in [1.29, 1.82) is 0 Å². The lowest BCUT2D eigenvalue weighted by atomic mass is 9.88. The van der Waals surface area contributed by atoms with Gasteiger partial charge in [0.05, 0.1) is 16.1 Å². The molecule has 3 aromatic rings. The van der Waals surface area contributed by atoms with Crippen molar-refractivity contribution in [1.82, 2.24) is 25.2 Å². The van der Waals surface area contributed by atoms with Crippen molar-refractivity contribution in [3.63, 3.8) is 0 Å². The molecule has 0 bridgehead atoms. The minimum absolute atomic E-state index is 0.0376. The van der Waals surface area contributed by atoms with Crippen LogP contribution < -0.4 is 10.6 Å². The Kier molecular flexibility index (Phi) is 5.93. The zero-order chi connectivity index (χ0) is 21.2. The highest BCUT2D eigenvalue weighted by atomic mass is 32.1. The fourth-order valence-electron chi connectivity index (χ4n) is 4.92. The van der Waals surface area contributed by atoms with Crippen LogP contribution in [-0.2, 0) is 4.79 Å². The second-order valence-electron chi connectivity index (χ2n) is 8.63. The Labute approximate surface area is 186 Å². The van der Waals surface area contributed by atoms with E-state index in [2.05, 4.69) is 37.4 Å². The molecule has 0 aromatic carbocycles. The van der Waals surface area contributed by atoms with E-state index in [1.807, 2.05) is 24.5 Å². The molecule has 0 aliphatic carbocycles. The van der Waals surface area contributed by atoms with Crippen LogP contribution in [0, 0.1) is 5.92 Å². The number of hydrogen-bond donors (Lipinski definition) is 2. The number of fused-ring (bicyclic) bond motifs is 1. The highest BCUT2D eigenvalue weighted by Gasteiger charge is 2.34. The molecule has 5 heterocycles. The number of hydrogen-bond acceptors (Lipinski definition) is 7. The topological polar surface area (TPSA) is 83.0 Å². The molecule has 0 radical (unpaired) electrons. The summed E-state index contributed by atoms with van der Waals surface area (Å²) in [5.41, 5.74) is 2.69. The fraction of sp³-hybridized carbons (Fsp3) is 0.478. The number of thiazole rings is 1. The first kappa shape index (κ1) is 20.5. The molecule has 162 valence electrons. The summed E-state index contributed by atoms with van der Waals surface area (Å²) < 4.78 is 0. The zero-order valence-corrected chi connectivity index (χ0v) is 18.6. The Morgan fingerprint density at radius 3 is 2.74 bits per heavy atom. The Balaban J connectivity index is 1.25. The third kappa shape index (κ3) is 4.46. The minimum atomic E-state index is 0.0376. The second-order valence-corrected chi connectivity index (χ2v) is 9.52. The van der Waals surface area contributed by atoms with Crippen molar-refractivity contribution in [3.8, 4) is 10.6 Å². The van der Waals surface area contributed by atoms with Crippen LogP contribution in [-0.4, -0.2) is 57.5 Å². The Bertz CT molecular complexity index is 1050. The van der Waals surface area contributed by atoms with Crippen molar-refractivity contribution < 1.29 is 4.79 Å². The minimum Gasteiger partial charge on any atom is -0.317 e.